The number of carbonyl (C=O) groups is 1. The zero-order valence-corrected chi connectivity index (χ0v) is 20.2. The smallest absolute Gasteiger partial charge is 0.417 e. The topological polar surface area (TPSA) is 130 Å². The summed E-state index contributed by atoms with van der Waals surface area (Å²) in [5, 5.41) is 14.2. The first-order chi connectivity index (χ1) is 17.6. The molecule has 3 heterocycles. The molecule has 4 N–H and O–H groups in total. The number of aromatic amines is 1. The van der Waals surface area contributed by atoms with Crippen LogP contribution in [0.25, 0.3) is 0 Å². The largest absolute Gasteiger partial charge is 0.480 e. The maximum absolute atomic E-state index is 13.0. The molecule has 2 amide bonds. The van der Waals surface area contributed by atoms with Gasteiger partial charge in [0.1, 0.15) is 23.3 Å². The summed E-state index contributed by atoms with van der Waals surface area (Å²) in [4.78, 5) is 25.4. The summed E-state index contributed by atoms with van der Waals surface area (Å²) in [5.74, 6) is 2.34. The fourth-order valence-electron chi connectivity index (χ4n) is 3.27. The number of amides is 2. The van der Waals surface area contributed by atoms with Crippen LogP contribution in [0.4, 0.5) is 41.1 Å². The highest BCUT2D eigenvalue weighted by Gasteiger charge is 2.33. The molecule has 0 spiro atoms. The molecule has 0 fully saturated rings. The first-order valence-electron chi connectivity index (χ1n) is 10.7. The van der Waals surface area contributed by atoms with Gasteiger partial charge in [-0.25, -0.2) is 19.7 Å². The molecule has 1 aromatic carbocycles. The van der Waals surface area contributed by atoms with Crippen LogP contribution in [0, 0.1) is 6.92 Å². The van der Waals surface area contributed by atoms with Gasteiger partial charge in [-0.05, 0) is 36.8 Å². The predicted molar refractivity (Wildman–Crippen MR) is 131 cm³/mol. The number of pyridine rings is 1. The molecule has 0 radical (unpaired) electrons. The van der Waals surface area contributed by atoms with E-state index >= 15 is 0 Å². The second-order valence-electron chi connectivity index (χ2n) is 7.76. The standard InChI is InChI=1S/C23H20ClF3N8O2/c1-12-7-18(32-20-10-21(37-2)35-34-20)31-19(29-12)8-13-3-6-17(28-11-13)33-22(36)30-14-4-5-16(24)15(9-14)23(25,26)27/h3-7,9-11H,8H2,1-2H3,(H2,28,30,33,36)(H2,29,31,32,34,35). The Hall–Kier alpha value is -4.39. The van der Waals surface area contributed by atoms with Gasteiger partial charge in [0.25, 0.3) is 0 Å². The van der Waals surface area contributed by atoms with Crippen LogP contribution in [0.1, 0.15) is 22.6 Å². The highest BCUT2D eigenvalue weighted by Crippen LogP contribution is 2.36. The molecule has 37 heavy (non-hydrogen) atoms. The minimum Gasteiger partial charge on any atom is -0.480 e. The van der Waals surface area contributed by atoms with E-state index in [1.165, 1.54) is 19.4 Å². The number of methoxy groups -OCH3 is 1. The molecule has 14 heteroatoms. The van der Waals surface area contributed by atoms with Gasteiger partial charge in [-0.2, -0.15) is 13.2 Å². The minimum atomic E-state index is -4.65. The quantitative estimate of drug-likeness (QED) is 0.245. The van der Waals surface area contributed by atoms with Crippen molar-refractivity contribution in [1.29, 1.82) is 0 Å². The van der Waals surface area contributed by atoms with E-state index in [0.29, 0.717) is 29.8 Å². The summed E-state index contributed by atoms with van der Waals surface area (Å²) in [7, 11) is 1.51. The van der Waals surface area contributed by atoms with Crippen molar-refractivity contribution >= 4 is 40.8 Å². The average molecular weight is 533 g/mol. The molecule has 0 saturated heterocycles. The summed E-state index contributed by atoms with van der Waals surface area (Å²) >= 11 is 5.60. The van der Waals surface area contributed by atoms with E-state index < -0.39 is 22.8 Å². The first-order valence-corrected chi connectivity index (χ1v) is 11.1. The third kappa shape index (κ3) is 6.85. The average Bonchev–Trinajstić information content (AvgIpc) is 3.28. The number of carbonyl (C=O) groups excluding carboxylic acids is 1. The van der Waals surface area contributed by atoms with Crippen LogP contribution in [0.2, 0.25) is 5.02 Å². The molecule has 0 aliphatic heterocycles. The number of aryl methyl sites for hydroxylation is 1. The predicted octanol–water partition coefficient (Wildman–Crippen LogP) is 5.56. The van der Waals surface area contributed by atoms with E-state index in [9.17, 15) is 18.0 Å². The molecule has 0 atom stereocenters. The van der Waals surface area contributed by atoms with Gasteiger partial charge in [0.05, 0.1) is 17.7 Å². The number of anilines is 4. The van der Waals surface area contributed by atoms with Gasteiger partial charge in [-0.1, -0.05) is 17.7 Å². The molecule has 4 aromatic rings. The van der Waals surface area contributed by atoms with Gasteiger partial charge in [0.15, 0.2) is 0 Å². The summed E-state index contributed by atoms with van der Waals surface area (Å²) in [6.07, 6.45) is -2.74. The zero-order valence-electron chi connectivity index (χ0n) is 19.4. The van der Waals surface area contributed by atoms with Crippen molar-refractivity contribution in [3.63, 3.8) is 0 Å². The van der Waals surface area contributed by atoms with Crippen molar-refractivity contribution in [3.05, 3.63) is 76.3 Å². The number of urea groups is 1. The van der Waals surface area contributed by atoms with Crippen LogP contribution < -0.4 is 20.7 Å². The van der Waals surface area contributed by atoms with Crippen molar-refractivity contribution in [2.24, 2.45) is 0 Å². The van der Waals surface area contributed by atoms with Crippen molar-refractivity contribution in [3.8, 4) is 5.88 Å². The van der Waals surface area contributed by atoms with E-state index in [-0.39, 0.29) is 11.5 Å². The Morgan fingerprint density at radius 2 is 1.89 bits per heavy atom. The number of benzene rings is 1. The van der Waals surface area contributed by atoms with Crippen LogP contribution in [0.15, 0.2) is 48.7 Å². The lowest BCUT2D eigenvalue weighted by atomic mass is 10.2. The van der Waals surface area contributed by atoms with Gasteiger partial charge in [-0.15, -0.1) is 5.10 Å². The second kappa shape index (κ2) is 10.7. The Morgan fingerprint density at radius 1 is 1.08 bits per heavy atom. The molecule has 3 aromatic heterocycles. The fraction of sp³-hybridized carbons (Fsp3) is 0.174. The SMILES string of the molecule is COc1cc(Nc2cc(C)nc(Cc3ccc(NC(=O)Nc4ccc(Cl)c(C(F)(F)F)c4)nc3)n2)[nH]n1. The Labute approximate surface area is 213 Å². The maximum Gasteiger partial charge on any atom is 0.417 e. The number of halogens is 4. The zero-order chi connectivity index (χ0) is 26.6. The summed E-state index contributed by atoms with van der Waals surface area (Å²) < 4.78 is 44.1. The number of nitrogens with one attached hydrogen (secondary N) is 4. The van der Waals surface area contributed by atoms with E-state index in [1.807, 2.05) is 6.92 Å². The Balaban J connectivity index is 1.38. The number of alkyl halides is 3. The molecular weight excluding hydrogens is 513 g/mol. The van der Waals surface area contributed by atoms with Gasteiger partial charge >= 0.3 is 12.2 Å². The van der Waals surface area contributed by atoms with Gasteiger partial charge < -0.3 is 15.4 Å². The summed E-state index contributed by atoms with van der Waals surface area (Å²) in [5.41, 5.74) is 0.409. The Bertz CT molecular complexity index is 1410. The number of hydrogen-bond donors (Lipinski definition) is 4. The van der Waals surface area contributed by atoms with Gasteiger partial charge in [0.2, 0.25) is 5.88 Å². The summed E-state index contributed by atoms with van der Waals surface area (Å²) in [6, 6.07) is 9.07. The maximum atomic E-state index is 13.0. The molecule has 0 unspecified atom stereocenters. The third-order valence-corrected chi connectivity index (χ3v) is 5.21. The monoisotopic (exact) mass is 532 g/mol. The molecule has 0 aliphatic carbocycles. The van der Waals surface area contributed by atoms with Crippen LogP contribution in [-0.4, -0.2) is 38.3 Å². The molecular formula is C23H20ClF3N8O2. The van der Waals surface area contributed by atoms with Crippen molar-refractivity contribution in [2.75, 3.05) is 23.1 Å². The van der Waals surface area contributed by atoms with E-state index in [4.69, 9.17) is 16.3 Å². The van der Waals surface area contributed by atoms with Gasteiger partial charge in [-0.3, -0.25) is 10.4 Å². The molecule has 0 saturated carbocycles. The third-order valence-electron chi connectivity index (χ3n) is 4.88. The number of nitrogens with zero attached hydrogens (tertiary/aromatic N) is 4. The lowest BCUT2D eigenvalue weighted by Crippen LogP contribution is -2.20. The number of ether oxygens (including phenoxy) is 1. The van der Waals surface area contributed by atoms with Gasteiger partial charge in [0, 0.05) is 36.1 Å². The Morgan fingerprint density at radius 3 is 2.57 bits per heavy atom. The fourth-order valence-corrected chi connectivity index (χ4v) is 3.49. The molecule has 0 bridgehead atoms. The summed E-state index contributed by atoms with van der Waals surface area (Å²) in [6.45, 7) is 1.84. The second-order valence-corrected chi connectivity index (χ2v) is 8.17. The van der Waals surface area contributed by atoms with E-state index in [2.05, 4.69) is 41.1 Å². The number of hydrogen-bond acceptors (Lipinski definition) is 7. The highest BCUT2D eigenvalue weighted by molar-refractivity contribution is 6.31. The molecule has 10 nitrogen and oxygen atoms in total. The van der Waals surface area contributed by atoms with Crippen LogP contribution in [0.3, 0.4) is 0 Å². The van der Waals surface area contributed by atoms with E-state index in [1.54, 1.807) is 24.3 Å². The molecule has 4 rings (SSSR count). The number of rotatable bonds is 7. The normalized spacial score (nSPS) is 11.2. The van der Waals surface area contributed by atoms with Crippen molar-refractivity contribution < 1.29 is 22.7 Å². The number of aromatic nitrogens is 5. The highest BCUT2D eigenvalue weighted by atomic mass is 35.5. The molecule has 0 aliphatic rings. The lowest BCUT2D eigenvalue weighted by Gasteiger charge is -2.12. The van der Waals surface area contributed by atoms with Crippen molar-refractivity contribution in [2.45, 2.75) is 19.5 Å². The number of H-pyrrole nitrogens is 1. The van der Waals surface area contributed by atoms with Crippen LogP contribution in [0.5, 0.6) is 5.88 Å². The van der Waals surface area contributed by atoms with E-state index in [0.717, 1.165) is 23.4 Å². The van der Waals surface area contributed by atoms with Crippen LogP contribution in [-0.2, 0) is 12.6 Å². The first kappa shape index (κ1) is 25.7. The van der Waals surface area contributed by atoms with Crippen LogP contribution >= 0.6 is 11.6 Å². The lowest BCUT2D eigenvalue weighted by molar-refractivity contribution is -0.137. The van der Waals surface area contributed by atoms with Crippen molar-refractivity contribution in [1.82, 2.24) is 25.1 Å². The Kier molecular flexibility index (Phi) is 7.43. The minimum absolute atomic E-state index is 0.0690. The molecule has 192 valence electrons.